The van der Waals surface area contributed by atoms with Crippen LogP contribution in [-0.4, -0.2) is 36.6 Å². The van der Waals surface area contributed by atoms with E-state index in [4.69, 9.17) is 0 Å². The van der Waals surface area contributed by atoms with Crippen molar-refractivity contribution in [2.24, 2.45) is 5.92 Å². The molecule has 0 saturated carbocycles. The van der Waals surface area contributed by atoms with Crippen LogP contribution in [0.3, 0.4) is 0 Å². The molecule has 0 spiro atoms. The Labute approximate surface area is 121 Å². The molecule has 2 atom stereocenters. The summed E-state index contributed by atoms with van der Waals surface area (Å²) in [5, 5.41) is 3.62. The van der Waals surface area contributed by atoms with E-state index in [1.807, 2.05) is 0 Å². The molecule has 1 aliphatic rings. The van der Waals surface area contributed by atoms with Gasteiger partial charge < -0.3 is 5.32 Å². The molecule has 1 N–H and O–H groups in total. The molecule has 0 aromatic carbocycles. The van der Waals surface area contributed by atoms with Crippen molar-refractivity contribution >= 4 is 0 Å². The van der Waals surface area contributed by atoms with Crippen LogP contribution in [0.2, 0.25) is 0 Å². The smallest absolute Gasteiger partial charge is 0.0306 e. The topological polar surface area (TPSA) is 15.3 Å². The summed E-state index contributed by atoms with van der Waals surface area (Å²) in [6.07, 6.45) is 9.54. The van der Waals surface area contributed by atoms with E-state index in [1.54, 1.807) is 0 Å². The number of unbranched alkanes of at least 4 members (excludes halogenated alkanes) is 1. The maximum absolute atomic E-state index is 3.62. The molecule has 2 unspecified atom stereocenters. The number of nitrogens with zero attached hydrogens (tertiary/aromatic N) is 1. The van der Waals surface area contributed by atoms with E-state index in [1.165, 1.54) is 58.0 Å². The summed E-state index contributed by atoms with van der Waals surface area (Å²) in [5.74, 6) is 0.888. The van der Waals surface area contributed by atoms with Crippen LogP contribution in [-0.2, 0) is 0 Å². The predicted molar refractivity (Wildman–Crippen MR) is 85.7 cm³/mol. The van der Waals surface area contributed by atoms with E-state index in [2.05, 4.69) is 45.0 Å². The van der Waals surface area contributed by atoms with Gasteiger partial charge in [-0.2, -0.15) is 0 Å². The van der Waals surface area contributed by atoms with E-state index in [0.717, 1.165) is 5.92 Å². The minimum atomic E-state index is 0.297. The second kappa shape index (κ2) is 8.26. The van der Waals surface area contributed by atoms with Gasteiger partial charge >= 0.3 is 0 Å². The number of nitrogens with one attached hydrogen (secondary N) is 1. The Morgan fingerprint density at radius 1 is 1.16 bits per heavy atom. The van der Waals surface area contributed by atoms with Crippen molar-refractivity contribution in [1.29, 1.82) is 0 Å². The van der Waals surface area contributed by atoms with Gasteiger partial charge in [0.25, 0.3) is 0 Å². The SMILES string of the molecule is CCCCC(CC)CC(NC)C(C)(C)N1CCCC1. The van der Waals surface area contributed by atoms with Crippen LogP contribution >= 0.6 is 0 Å². The molecular formula is C17H36N2. The first-order valence-electron chi connectivity index (χ1n) is 8.48. The largest absolute Gasteiger partial charge is 0.315 e. The molecule has 1 saturated heterocycles. The van der Waals surface area contributed by atoms with Gasteiger partial charge in [0.1, 0.15) is 0 Å². The molecular weight excluding hydrogens is 232 g/mol. The summed E-state index contributed by atoms with van der Waals surface area (Å²) in [6, 6.07) is 0.618. The lowest BCUT2D eigenvalue weighted by Crippen LogP contribution is -2.56. The highest BCUT2D eigenvalue weighted by Gasteiger charge is 2.36. The first kappa shape index (κ1) is 17.0. The first-order valence-corrected chi connectivity index (χ1v) is 8.48. The number of likely N-dealkylation sites (N-methyl/N-ethyl adjacent to an activating group) is 1. The molecule has 1 rings (SSSR count). The molecule has 0 aromatic heterocycles. The summed E-state index contributed by atoms with van der Waals surface area (Å²) in [7, 11) is 2.15. The van der Waals surface area contributed by atoms with E-state index in [0.29, 0.717) is 11.6 Å². The monoisotopic (exact) mass is 268 g/mol. The van der Waals surface area contributed by atoms with Crippen molar-refractivity contribution in [2.45, 2.75) is 84.2 Å². The van der Waals surface area contributed by atoms with Gasteiger partial charge in [-0.25, -0.2) is 0 Å². The van der Waals surface area contributed by atoms with E-state index < -0.39 is 0 Å². The fourth-order valence-electron chi connectivity index (χ4n) is 3.59. The van der Waals surface area contributed by atoms with Crippen LogP contribution < -0.4 is 5.32 Å². The molecule has 2 heteroatoms. The minimum absolute atomic E-state index is 0.297. The van der Waals surface area contributed by atoms with Gasteiger partial charge in [-0.05, 0) is 59.2 Å². The predicted octanol–water partition coefficient (Wildman–Crippen LogP) is 4.06. The third-order valence-corrected chi connectivity index (χ3v) is 5.23. The zero-order valence-electron chi connectivity index (χ0n) is 14.0. The van der Waals surface area contributed by atoms with Gasteiger partial charge in [0, 0.05) is 11.6 Å². The van der Waals surface area contributed by atoms with E-state index >= 15 is 0 Å². The molecule has 19 heavy (non-hydrogen) atoms. The zero-order chi connectivity index (χ0) is 14.3. The highest BCUT2D eigenvalue weighted by molar-refractivity contribution is 4.95. The Morgan fingerprint density at radius 3 is 2.26 bits per heavy atom. The van der Waals surface area contributed by atoms with Crippen LogP contribution in [0.4, 0.5) is 0 Å². The zero-order valence-corrected chi connectivity index (χ0v) is 14.0. The summed E-state index contributed by atoms with van der Waals surface area (Å²) >= 11 is 0. The number of rotatable bonds is 9. The number of hydrogen-bond acceptors (Lipinski definition) is 2. The van der Waals surface area contributed by atoms with Crippen LogP contribution in [0.1, 0.15) is 72.6 Å². The lowest BCUT2D eigenvalue weighted by Gasteiger charge is -2.43. The van der Waals surface area contributed by atoms with Crippen molar-refractivity contribution in [1.82, 2.24) is 10.2 Å². The standard InChI is InChI=1S/C17H36N2/c1-6-8-11-15(7-2)14-16(18-5)17(3,4)19-12-9-10-13-19/h15-16,18H,6-14H2,1-5H3. The van der Waals surface area contributed by atoms with E-state index in [9.17, 15) is 0 Å². The Bertz CT molecular complexity index is 231. The average Bonchev–Trinajstić information content (AvgIpc) is 2.93. The van der Waals surface area contributed by atoms with Crippen molar-refractivity contribution in [3.63, 3.8) is 0 Å². The Hall–Kier alpha value is -0.0800. The molecule has 1 fully saturated rings. The minimum Gasteiger partial charge on any atom is -0.315 e. The third-order valence-electron chi connectivity index (χ3n) is 5.23. The molecule has 0 bridgehead atoms. The summed E-state index contributed by atoms with van der Waals surface area (Å²) in [4.78, 5) is 2.70. The molecule has 0 amide bonds. The molecule has 1 aliphatic heterocycles. The Kier molecular flexibility index (Phi) is 7.38. The second-order valence-electron chi connectivity index (χ2n) is 6.84. The van der Waals surface area contributed by atoms with Crippen molar-refractivity contribution < 1.29 is 0 Å². The molecule has 0 radical (unpaired) electrons. The van der Waals surface area contributed by atoms with Crippen molar-refractivity contribution in [2.75, 3.05) is 20.1 Å². The third kappa shape index (κ3) is 4.75. The lowest BCUT2D eigenvalue weighted by atomic mass is 9.83. The van der Waals surface area contributed by atoms with Gasteiger partial charge in [0.2, 0.25) is 0 Å². The molecule has 2 nitrogen and oxygen atoms in total. The summed E-state index contributed by atoms with van der Waals surface area (Å²) in [6.45, 7) is 12.1. The normalized spacial score (nSPS) is 20.7. The van der Waals surface area contributed by atoms with Crippen molar-refractivity contribution in [3.8, 4) is 0 Å². The lowest BCUT2D eigenvalue weighted by molar-refractivity contribution is 0.0957. The number of likely N-dealkylation sites (tertiary alicyclic amines) is 1. The second-order valence-corrected chi connectivity index (χ2v) is 6.84. The molecule has 0 aromatic rings. The Morgan fingerprint density at radius 2 is 1.79 bits per heavy atom. The fraction of sp³-hybridized carbons (Fsp3) is 1.00. The maximum atomic E-state index is 3.62. The average molecular weight is 268 g/mol. The van der Waals surface area contributed by atoms with Gasteiger partial charge in [-0.3, -0.25) is 4.90 Å². The van der Waals surface area contributed by atoms with Crippen molar-refractivity contribution in [3.05, 3.63) is 0 Å². The Balaban J connectivity index is 2.58. The summed E-state index contributed by atoms with van der Waals surface area (Å²) < 4.78 is 0. The van der Waals surface area contributed by atoms with Crippen LogP contribution in [0.25, 0.3) is 0 Å². The fourth-order valence-corrected chi connectivity index (χ4v) is 3.59. The van der Waals surface area contributed by atoms with Crippen LogP contribution in [0.5, 0.6) is 0 Å². The highest BCUT2D eigenvalue weighted by atomic mass is 15.2. The highest BCUT2D eigenvalue weighted by Crippen LogP contribution is 2.29. The van der Waals surface area contributed by atoms with Crippen LogP contribution in [0, 0.1) is 5.92 Å². The quantitative estimate of drug-likeness (QED) is 0.678. The van der Waals surface area contributed by atoms with Gasteiger partial charge in [0.05, 0.1) is 0 Å². The van der Waals surface area contributed by atoms with Gasteiger partial charge in [-0.15, -0.1) is 0 Å². The van der Waals surface area contributed by atoms with Gasteiger partial charge in [-0.1, -0.05) is 39.5 Å². The summed E-state index contributed by atoms with van der Waals surface area (Å²) in [5.41, 5.74) is 0.297. The maximum Gasteiger partial charge on any atom is 0.0306 e. The van der Waals surface area contributed by atoms with E-state index in [-0.39, 0.29) is 0 Å². The molecule has 0 aliphatic carbocycles. The van der Waals surface area contributed by atoms with Gasteiger partial charge in [0.15, 0.2) is 0 Å². The molecule has 1 heterocycles. The van der Waals surface area contributed by atoms with Crippen LogP contribution in [0.15, 0.2) is 0 Å². The molecule has 114 valence electrons. The number of hydrogen-bond donors (Lipinski definition) is 1. The first-order chi connectivity index (χ1) is 9.06.